The van der Waals surface area contributed by atoms with Gasteiger partial charge in [-0.3, -0.25) is 5.10 Å². The van der Waals surface area contributed by atoms with Gasteiger partial charge in [0.2, 0.25) is 0 Å². The minimum absolute atomic E-state index is 1.08. The van der Waals surface area contributed by atoms with Crippen LogP contribution in [0.2, 0.25) is 0 Å². The Balaban J connectivity index is 2.15. The van der Waals surface area contributed by atoms with Gasteiger partial charge in [-0.2, -0.15) is 5.10 Å². The molecule has 3 rings (SSSR count). The number of aryl methyl sites for hydroxylation is 2. The number of H-pyrrole nitrogens is 1. The van der Waals surface area contributed by atoms with Crippen molar-refractivity contribution in [3.05, 3.63) is 53.7 Å². The van der Waals surface area contributed by atoms with Crippen LogP contribution in [-0.2, 0) is 6.42 Å². The van der Waals surface area contributed by atoms with Crippen LogP contribution in [0.4, 0.5) is 0 Å². The van der Waals surface area contributed by atoms with Crippen LogP contribution in [-0.4, -0.2) is 10.2 Å². The normalized spacial score (nSPS) is 11.0. The maximum Gasteiger partial charge on any atom is 0.0653 e. The highest BCUT2D eigenvalue weighted by Gasteiger charge is 2.06. The zero-order valence-electron chi connectivity index (χ0n) is 10.7. The van der Waals surface area contributed by atoms with Crippen molar-refractivity contribution in [2.45, 2.75) is 20.3 Å². The Kier molecular flexibility index (Phi) is 2.63. The van der Waals surface area contributed by atoms with Crippen molar-refractivity contribution in [3.63, 3.8) is 0 Å². The van der Waals surface area contributed by atoms with E-state index in [1.165, 1.54) is 27.6 Å². The molecule has 1 N–H and O–H groups in total. The number of benzene rings is 2. The van der Waals surface area contributed by atoms with Gasteiger partial charge in [0, 0.05) is 5.39 Å². The Labute approximate surface area is 107 Å². The maximum absolute atomic E-state index is 4.10. The first-order valence-corrected chi connectivity index (χ1v) is 6.31. The highest BCUT2D eigenvalue weighted by atomic mass is 15.1. The molecule has 0 unspecified atom stereocenters. The van der Waals surface area contributed by atoms with Crippen molar-refractivity contribution in [3.8, 4) is 11.1 Å². The summed E-state index contributed by atoms with van der Waals surface area (Å²) >= 11 is 0. The maximum atomic E-state index is 4.10. The number of aromatic nitrogens is 2. The molecule has 18 heavy (non-hydrogen) atoms. The summed E-state index contributed by atoms with van der Waals surface area (Å²) in [5, 5.41) is 8.31. The molecular weight excluding hydrogens is 220 g/mol. The predicted molar refractivity (Wildman–Crippen MR) is 75.6 cm³/mol. The fourth-order valence-electron chi connectivity index (χ4n) is 2.39. The molecule has 0 aliphatic carbocycles. The summed E-state index contributed by atoms with van der Waals surface area (Å²) in [5.74, 6) is 0. The number of fused-ring (bicyclic) bond motifs is 1. The first kappa shape index (κ1) is 11.0. The number of aromatic amines is 1. The number of nitrogens with zero attached hydrogens (tertiary/aromatic N) is 1. The molecule has 2 nitrogen and oxygen atoms in total. The highest BCUT2D eigenvalue weighted by molar-refractivity contribution is 5.88. The first-order chi connectivity index (χ1) is 8.79. The third kappa shape index (κ3) is 1.70. The van der Waals surface area contributed by atoms with Gasteiger partial charge in [0.05, 0.1) is 11.7 Å². The average Bonchev–Trinajstić information content (AvgIpc) is 2.89. The second kappa shape index (κ2) is 4.30. The van der Waals surface area contributed by atoms with E-state index in [0.29, 0.717) is 0 Å². The Morgan fingerprint density at radius 2 is 1.83 bits per heavy atom. The molecule has 0 spiro atoms. The summed E-state index contributed by atoms with van der Waals surface area (Å²) in [4.78, 5) is 0. The van der Waals surface area contributed by atoms with Gasteiger partial charge in [0.25, 0.3) is 0 Å². The average molecular weight is 236 g/mol. The standard InChI is InChI=1S/C16H16N2/c1-3-12-4-6-13(7-5-12)14-8-9-16-15(11(14)2)10-17-18-16/h4-10H,3H2,1-2H3,(H,17,18). The van der Waals surface area contributed by atoms with Gasteiger partial charge in [0.1, 0.15) is 0 Å². The molecule has 0 aliphatic heterocycles. The third-order valence-electron chi connectivity index (χ3n) is 3.57. The summed E-state index contributed by atoms with van der Waals surface area (Å²) in [6.45, 7) is 4.33. The fourth-order valence-corrected chi connectivity index (χ4v) is 2.39. The van der Waals surface area contributed by atoms with Crippen LogP contribution < -0.4 is 0 Å². The summed E-state index contributed by atoms with van der Waals surface area (Å²) in [6, 6.07) is 13.1. The van der Waals surface area contributed by atoms with Gasteiger partial charge in [-0.1, -0.05) is 37.3 Å². The van der Waals surface area contributed by atoms with E-state index < -0.39 is 0 Å². The van der Waals surface area contributed by atoms with E-state index in [-0.39, 0.29) is 0 Å². The van der Waals surface area contributed by atoms with Crippen molar-refractivity contribution in [2.24, 2.45) is 0 Å². The number of hydrogen-bond donors (Lipinski definition) is 1. The Morgan fingerprint density at radius 1 is 1.06 bits per heavy atom. The highest BCUT2D eigenvalue weighted by Crippen LogP contribution is 2.28. The number of nitrogens with one attached hydrogen (secondary N) is 1. The third-order valence-corrected chi connectivity index (χ3v) is 3.57. The van der Waals surface area contributed by atoms with Gasteiger partial charge in [-0.05, 0) is 41.7 Å². The second-order valence-electron chi connectivity index (χ2n) is 4.62. The lowest BCUT2D eigenvalue weighted by molar-refractivity contribution is 1.12. The van der Waals surface area contributed by atoms with Gasteiger partial charge in [-0.15, -0.1) is 0 Å². The van der Waals surface area contributed by atoms with Crippen LogP contribution in [0.25, 0.3) is 22.0 Å². The lowest BCUT2D eigenvalue weighted by Gasteiger charge is -2.07. The molecule has 0 aliphatic rings. The quantitative estimate of drug-likeness (QED) is 0.713. The molecule has 0 bridgehead atoms. The monoisotopic (exact) mass is 236 g/mol. The van der Waals surface area contributed by atoms with E-state index in [1.54, 1.807) is 0 Å². The minimum atomic E-state index is 1.08. The van der Waals surface area contributed by atoms with Crippen LogP contribution in [0.5, 0.6) is 0 Å². The Morgan fingerprint density at radius 3 is 2.56 bits per heavy atom. The number of rotatable bonds is 2. The molecule has 1 aromatic heterocycles. The molecule has 0 radical (unpaired) electrons. The van der Waals surface area contributed by atoms with Crippen LogP contribution in [0.15, 0.2) is 42.6 Å². The lowest BCUT2D eigenvalue weighted by Crippen LogP contribution is -1.86. The second-order valence-corrected chi connectivity index (χ2v) is 4.62. The SMILES string of the molecule is CCc1ccc(-c2ccc3[nH]ncc3c2C)cc1. The minimum Gasteiger partial charge on any atom is -0.278 e. The van der Waals surface area contributed by atoms with Crippen molar-refractivity contribution in [1.82, 2.24) is 10.2 Å². The summed E-state index contributed by atoms with van der Waals surface area (Å²) in [6.07, 6.45) is 2.98. The molecule has 90 valence electrons. The Hall–Kier alpha value is -2.09. The summed E-state index contributed by atoms with van der Waals surface area (Å²) in [7, 11) is 0. The van der Waals surface area contributed by atoms with Gasteiger partial charge < -0.3 is 0 Å². The van der Waals surface area contributed by atoms with Crippen molar-refractivity contribution < 1.29 is 0 Å². The molecular formula is C16H16N2. The zero-order valence-corrected chi connectivity index (χ0v) is 10.7. The van der Waals surface area contributed by atoms with Crippen LogP contribution in [0.3, 0.4) is 0 Å². The van der Waals surface area contributed by atoms with Crippen molar-refractivity contribution in [1.29, 1.82) is 0 Å². The van der Waals surface area contributed by atoms with Crippen LogP contribution >= 0.6 is 0 Å². The molecule has 2 aromatic carbocycles. The van der Waals surface area contributed by atoms with Gasteiger partial charge >= 0.3 is 0 Å². The van der Waals surface area contributed by atoms with E-state index in [9.17, 15) is 0 Å². The molecule has 0 saturated heterocycles. The Bertz CT molecular complexity index is 678. The van der Waals surface area contributed by atoms with E-state index in [0.717, 1.165) is 11.9 Å². The van der Waals surface area contributed by atoms with Crippen molar-refractivity contribution in [2.75, 3.05) is 0 Å². The van der Waals surface area contributed by atoms with Crippen LogP contribution in [0, 0.1) is 6.92 Å². The number of hydrogen-bond acceptors (Lipinski definition) is 1. The molecule has 0 amide bonds. The predicted octanol–water partition coefficient (Wildman–Crippen LogP) is 4.10. The van der Waals surface area contributed by atoms with E-state index in [1.807, 2.05) is 6.20 Å². The zero-order chi connectivity index (χ0) is 12.5. The molecule has 0 saturated carbocycles. The molecule has 1 heterocycles. The molecule has 2 heteroatoms. The largest absolute Gasteiger partial charge is 0.278 e. The van der Waals surface area contributed by atoms with E-state index in [4.69, 9.17) is 0 Å². The first-order valence-electron chi connectivity index (χ1n) is 6.31. The topological polar surface area (TPSA) is 28.7 Å². The smallest absolute Gasteiger partial charge is 0.0653 e. The fraction of sp³-hybridized carbons (Fsp3) is 0.188. The van der Waals surface area contributed by atoms with Gasteiger partial charge in [0.15, 0.2) is 0 Å². The van der Waals surface area contributed by atoms with Crippen LogP contribution in [0.1, 0.15) is 18.1 Å². The van der Waals surface area contributed by atoms with E-state index in [2.05, 4.69) is 60.4 Å². The molecule has 3 aromatic rings. The molecule has 0 atom stereocenters. The lowest BCUT2D eigenvalue weighted by atomic mass is 9.97. The van der Waals surface area contributed by atoms with Crippen molar-refractivity contribution >= 4 is 10.9 Å². The van der Waals surface area contributed by atoms with E-state index >= 15 is 0 Å². The summed E-state index contributed by atoms with van der Waals surface area (Å²) < 4.78 is 0. The molecule has 0 fully saturated rings. The van der Waals surface area contributed by atoms with Gasteiger partial charge in [-0.25, -0.2) is 0 Å². The summed E-state index contributed by atoms with van der Waals surface area (Å²) in [5.41, 5.74) is 6.31.